The summed E-state index contributed by atoms with van der Waals surface area (Å²) in [6.45, 7) is 1.63. The third-order valence-corrected chi connectivity index (χ3v) is 3.50. The van der Waals surface area contributed by atoms with Gasteiger partial charge in [-0.15, -0.1) is 0 Å². The first-order valence-corrected chi connectivity index (χ1v) is 5.73. The van der Waals surface area contributed by atoms with Gasteiger partial charge >= 0.3 is 0 Å². The molecule has 1 unspecified atom stereocenters. The van der Waals surface area contributed by atoms with Gasteiger partial charge in [-0.25, -0.2) is 12.6 Å². The normalized spacial score (nSPS) is 15.8. The fourth-order valence-electron chi connectivity index (χ4n) is 0.272. The van der Waals surface area contributed by atoms with E-state index in [9.17, 15) is 12.6 Å². The maximum absolute atomic E-state index is 10.5. The van der Waals surface area contributed by atoms with Crippen LogP contribution in [0.25, 0.3) is 0 Å². The van der Waals surface area contributed by atoms with E-state index in [1.807, 2.05) is 0 Å². The highest BCUT2D eigenvalue weighted by molar-refractivity contribution is 8.62. The van der Waals surface area contributed by atoms with Gasteiger partial charge in [0.05, 0.1) is 5.75 Å². The molecule has 1 atom stereocenters. The molecule has 60 valence electrons. The molecule has 0 bridgehead atoms. The summed E-state index contributed by atoms with van der Waals surface area (Å²) in [5, 5.41) is 0. The fourth-order valence-corrected chi connectivity index (χ4v) is 1.40. The van der Waals surface area contributed by atoms with Crippen molar-refractivity contribution in [1.82, 2.24) is 0 Å². The molecule has 0 radical (unpaired) electrons. The van der Waals surface area contributed by atoms with E-state index in [-0.39, 0.29) is 5.75 Å². The molecule has 0 aromatic carbocycles. The molecule has 0 aromatic heterocycles. The van der Waals surface area contributed by atoms with Crippen molar-refractivity contribution in [2.75, 3.05) is 5.75 Å². The van der Waals surface area contributed by atoms with E-state index < -0.39 is 19.0 Å². The smallest absolute Gasteiger partial charge is 0.274 e. The van der Waals surface area contributed by atoms with Crippen LogP contribution < -0.4 is 0 Å². The number of hydrogen-bond donors (Lipinski definition) is 1. The van der Waals surface area contributed by atoms with Gasteiger partial charge < -0.3 is 0 Å². The summed E-state index contributed by atoms with van der Waals surface area (Å²) in [5.41, 5.74) is 0. The Bertz CT molecular complexity index is 238. The van der Waals surface area contributed by atoms with Crippen molar-refractivity contribution in [2.45, 2.75) is 6.92 Å². The van der Waals surface area contributed by atoms with Crippen LogP contribution in [0.2, 0.25) is 0 Å². The molecule has 0 amide bonds. The first-order valence-electron chi connectivity index (χ1n) is 2.46. The van der Waals surface area contributed by atoms with Gasteiger partial charge in [0.1, 0.15) is 0 Å². The van der Waals surface area contributed by atoms with Gasteiger partial charge in [-0.1, -0.05) is 12.2 Å². The Kier molecular flexibility index (Phi) is 3.77. The lowest BCUT2D eigenvalue weighted by Crippen LogP contribution is -2.09. The van der Waals surface area contributed by atoms with Crippen molar-refractivity contribution in [3.8, 4) is 0 Å². The third-order valence-electron chi connectivity index (χ3n) is 0.753. The van der Waals surface area contributed by atoms with E-state index in [1.54, 1.807) is 6.92 Å². The maximum atomic E-state index is 10.5. The molecule has 0 aromatic rings. The van der Waals surface area contributed by atoms with E-state index in [0.717, 1.165) is 0 Å². The lowest BCUT2D eigenvalue weighted by atomic mass is 10.6. The van der Waals surface area contributed by atoms with Crippen LogP contribution in [-0.2, 0) is 19.0 Å². The van der Waals surface area contributed by atoms with Crippen molar-refractivity contribution in [3.63, 3.8) is 0 Å². The molecule has 0 aliphatic heterocycles. The summed E-state index contributed by atoms with van der Waals surface area (Å²) in [6, 6.07) is 0. The molecule has 4 nitrogen and oxygen atoms in total. The largest absolute Gasteiger partial charge is 0.294 e. The quantitative estimate of drug-likeness (QED) is 0.384. The van der Waals surface area contributed by atoms with E-state index in [0.29, 0.717) is 0 Å². The van der Waals surface area contributed by atoms with Gasteiger partial charge in [0.2, 0.25) is 0 Å². The van der Waals surface area contributed by atoms with Crippen LogP contribution in [0.4, 0.5) is 0 Å². The van der Waals surface area contributed by atoms with Crippen molar-refractivity contribution in [3.05, 3.63) is 12.2 Å². The lowest BCUT2D eigenvalue weighted by molar-refractivity contribution is 0.563. The van der Waals surface area contributed by atoms with E-state index in [1.165, 1.54) is 12.2 Å². The molecule has 0 fully saturated rings. The highest BCUT2D eigenvalue weighted by Crippen LogP contribution is 1.94. The number of allylic oxidation sites excluding steroid dienone is 1. The van der Waals surface area contributed by atoms with Crippen molar-refractivity contribution in [1.29, 1.82) is 0 Å². The summed E-state index contributed by atoms with van der Waals surface area (Å²) in [5.74, 6) is -0.382. The van der Waals surface area contributed by atoms with Gasteiger partial charge in [-0.3, -0.25) is 4.55 Å². The van der Waals surface area contributed by atoms with Gasteiger partial charge in [0.25, 0.3) is 19.0 Å². The summed E-state index contributed by atoms with van der Waals surface area (Å²) >= 11 is 0. The molecule has 10 heavy (non-hydrogen) atoms. The SMILES string of the molecule is C/C=C/CS(=O)(=O)S(=O)O. The number of hydrogen-bond acceptors (Lipinski definition) is 3. The Labute approximate surface area is 61.5 Å². The van der Waals surface area contributed by atoms with Crippen LogP contribution >= 0.6 is 0 Å². The zero-order valence-electron chi connectivity index (χ0n) is 5.35. The Morgan fingerprint density at radius 1 is 1.60 bits per heavy atom. The molecular formula is C4H8O4S2. The molecule has 1 N–H and O–H groups in total. The molecule has 0 saturated carbocycles. The molecule has 0 rings (SSSR count). The minimum absolute atomic E-state index is 0.382. The van der Waals surface area contributed by atoms with Crippen LogP contribution in [0.1, 0.15) is 6.92 Å². The molecule has 0 heterocycles. The molecule has 0 spiro atoms. The Morgan fingerprint density at radius 2 is 2.10 bits per heavy atom. The predicted octanol–water partition coefficient (Wildman–Crippen LogP) is 0.114. The Morgan fingerprint density at radius 3 is 2.40 bits per heavy atom. The van der Waals surface area contributed by atoms with Crippen LogP contribution in [0, 0.1) is 0 Å². The van der Waals surface area contributed by atoms with Crippen LogP contribution in [0.3, 0.4) is 0 Å². The average Bonchev–Trinajstić information content (AvgIpc) is 1.84. The molecule has 6 heteroatoms. The average molecular weight is 184 g/mol. The topological polar surface area (TPSA) is 71.4 Å². The van der Waals surface area contributed by atoms with Gasteiger partial charge in [0, 0.05) is 0 Å². The van der Waals surface area contributed by atoms with Crippen LogP contribution in [0.5, 0.6) is 0 Å². The van der Waals surface area contributed by atoms with Crippen molar-refractivity contribution < 1.29 is 17.2 Å². The van der Waals surface area contributed by atoms with Crippen LogP contribution in [0.15, 0.2) is 12.2 Å². The third kappa shape index (κ3) is 3.09. The first kappa shape index (κ1) is 9.80. The van der Waals surface area contributed by atoms with E-state index in [4.69, 9.17) is 4.55 Å². The second kappa shape index (κ2) is 3.85. The van der Waals surface area contributed by atoms with Crippen molar-refractivity contribution in [2.24, 2.45) is 0 Å². The molecule has 0 saturated heterocycles. The molecular weight excluding hydrogens is 176 g/mol. The van der Waals surface area contributed by atoms with E-state index in [2.05, 4.69) is 0 Å². The molecule has 0 aliphatic rings. The minimum atomic E-state index is -3.82. The summed E-state index contributed by atoms with van der Waals surface area (Å²) in [7, 11) is -6.58. The maximum Gasteiger partial charge on any atom is 0.274 e. The predicted molar refractivity (Wildman–Crippen MR) is 39.4 cm³/mol. The van der Waals surface area contributed by atoms with Crippen LogP contribution in [-0.4, -0.2) is 22.9 Å². The van der Waals surface area contributed by atoms with Gasteiger partial charge in [-0.2, -0.15) is 0 Å². The number of rotatable bonds is 3. The highest BCUT2D eigenvalue weighted by atomic mass is 33.2. The standard InChI is InChI=1S/C4H8O4S2/c1-2-3-4-10(7,8)9(5)6/h2-3H,4H2,1H3,(H,5,6)/b3-2+. The lowest BCUT2D eigenvalue weighted by Gasteiger charge is -1.90. The second-order valence-corrected chi connectivity index (χ2v) is 5.77. The minimum Gasteiger partial charge on any atom is -0.294 e. The molecule has 0 aliphatic carbocycles. The van der Waals surface area contributed by atoms with Gasteiger partial charge in [0.15, 0.2) is 0 Å². The second-order valence-electron chi connectivity index (χ2n) is 1.51. The Balaban J connectivity index is 4.31. The van der Waals surface area contributed by atoms with Crippen molar-refractivity contribution >= 4 is 19.0 Å². The highest BCUT2D eigenvalue weighted by Gasteiger charge is 2.14. The monoisotopic (exact) mass is 184 g/mol. The Hall–Kier alpha value is -0.200. The summed E-state index contributed by atoms with van der Waals surface area (Å²) in [6.07, 6.45) is 2.81. The first-order chi connectivity index (χ1) is 4.50. The summed E-state index contributed by atoms with van der Waals surface area (Å²) < 4.78 is 39.1. The van der Waals surface area contributed by atoms with E-state index >= 15 is 0 Å². The zero-order valence-corrected chi connectivity index (χ0v) is 6.98. The van der Waals surface area contributed by atoms with Gasteiger partial charge in [-0.05, 0) is 6.92 Å². The summed E-state index contributed by atoms with van der Waals surface area (Å²) in [4.78, 5) is 0. The fraction of sp³-hybridized carbons (Fsp3) is 0.500. The zero-order chi connectivity index (χ0) is 8.20.